The number of hydrogen-bond donors (Lipinski definition) is 0. The maximum absolute atomic E-state index is 11.7. The summed E-state index contributed by atoms with van der Waals surface area (Å²) in [5.41, 5.74) is 0. The SMILES string of the molecule is O=C(C(F)F)C1CCCC1. The van der Waals surface area contributed by atoms with Crippen LogP contribution in [0.5, 0.6) is 0 Å². The molecule has 58 valence electrons. The molecule has 10 heavy (non-hydrogen) atoms. The lowest BCUT2D eigenvalue weighted by Gasteiger charge is -2.04. The van der Waals surface area contributed by atoms with Crippen LogP contribution in [0, 0.1) is 5.92 Å². The first-order chi connectivity index (χ1) is 4.72. The van der Waals surface area contributed by atoms with Crippen molar-refractivity contribution >= 4 is 5.78 Å². The summed E-state index contributed by atoms with van der Waals surface area (Å²) in [6, 6.07) is 0. The fourth-order valence-corrected chi connectivity index (χ4v) is 1.39. The summed E-state index contributed by atoms with van der Waals surface area (Å²) >= 11 is 0. The van der Waals surface area contributed by atoms with Crippen molar-refractivity contribution in [1.29, 1.82) is 0 Å². The molecule has 0 amide bonds. The van der Waals surface area contributed by atoms with Crippen LogP contribution in [0.4, 0.5) is 8.78 Å². The third-order valence-corrected chi connectivity index (χ3v) is 1.97. The Morgan fingerprint density at radius 3 is 2.20 bits per heavy atom. The van der Waals surface area contributed by atoms with E-state index in [-0.39, 0.29) is 5.92 Å². The zero-order chi connectivity index (χ0) is 7.56. The molecule has 3 heteroatoms. The summed E-state index contributed by atoms with van der Waals surface area (Å²) < 4.78 is 23.5. The molecule has 0 aromatic carbocycles. The number of halogens is 2. The van der Waals surface area contributed by atoms with Crippen molar-refractivity contribution in [2.45, 2.75) is 32.1 Å². The Bertz CT molecular complexity index is 128. The molecule has 1 saturated carbocycles. The van der Waals surface area contributed by atoms with Crippen molar-refractivity contribution in [3.8, 4) is 0 Å². The Morgan fingerprint density at radius 1 is 1.30 bits per heavy atom. The fraction of sp³-hybridized carbons (Fsp3) is 0.857. The maximum atomic E-state index is 11.7. The van der Waals surface area contributed by atoms with Crippen molar-refractivity contribution in [3.63, 3.8) is 0 Å². The molecular weight excluding hydrogens is 138 g/mol. The van der Waals surface area contributed by atoms with Gasteiger partial charge in [0.25, 0.3) is 6.43 Å². The van der Waals surface area contributed by atoms with Crippen molar-refractivity contribution in [2.75, 3.05) is 0 Å². The summed E-state index contributed by atoms with van der Waals surface area (Å²) in [6.45, 7) is 0. The molecule has 1 nitrogen and oxygen atoms in total. The number of carbonyl (C=O) groups is 1. The van der Waals surface area contributed by atoms with Gasteiger partial charge in [-0.05, 0) is 12.8 Å². The second-order valence-corrected chi connectivity index (χ2v) is 2.68. The smallest absolute Gasteiger partial charge is 0.293 e. The third-order valence-electron chi connectivity index (χ3n) is 1.97. The van der Waals surface area contributed by atoms with Gasteiger partial charge in [-0.1, -0.05) is 12.8 Å². The van der Waals surface area contributed by atoms with E-state index in [1.54, 1.807) is 0 Å². The second-order valence-electron chi connectivity index (χ2n) is 2.68. The van der Waals surface area contributed by atoms with Crippen LogP contribution in [0.15, 0.2) is 0 Å². The van der Waals surface area contributed by atoms with Gasteiger partial charge in [0, 0.05) is 5.92 Å². The predicted octanol–water partition coefficient (Wildman–Crippen LogP) is 2.01. The Labute approximate surface area is 58.4 Å². The molecule has 0 N–H and O–H groups in total. The lowest BCUT2D eigenvalue weighted by atomic mass is 10.0. The number of ketones is 1. The van der Waals surface area contributed by atoms with Crippen molar-refractivity contribution in [3.05, 3.63) is 0 Å². The fourth-order valence-electron chi connectivity index (χ4n) is 1.39. The molecule has 0 radical (unpaired) electrons. The van der Waals surface area contributed by atoms with E-state index < -0.39 is 12.2 Å². The van der Waals surface area contributed by atoms with E-state index in [1.165, 1.54) is 0 Å². The molecule has 0 saturated heterocycles. The standard InChI is InChI=1S/C7H10F2O/c8-7(9)6(10)5-3-1-2-4-5/h5,7H,1-4H2. The van der Waals surface area contributed by atoms with E-state index in [4.69, 9.17) is 0 Å². The molecule has 1 fully saturated rings. The number of rotatable bonds is 2. The number of Topliss-reactive ketones (excluding diaryl/α,β-unsaturated/α-hetero) is 1. The van der Waals surface area contributed by atoms with Crippen LogP contribution >= 0.6 is 0 Å². The Morgan fingerprint density at radius 2 is 1.80 bits per heavy atom. The minimum absolute atomic E-state index is 0.333. The van der Waals surface area contributed by atoms with Crippen LogP contribution in [0.3, 0.4) is 0 Å². The minimum atomic E-state index is -2.75. The summed E-state index contributed by atoms with van der Waals surface area (Å²) in [6.07, 6.45) is 0.460. The molecule has 0 atom stereocenters. The van der Waals surface area contributed by atoms with E-state index >= 15 is 0 Å². The Balaban J connectivity index is 2.40. The normalized spacial score (nSPS) is 20.3. The van der Waals surface area contributed by atoms with E-state index in [1.807, 2.05) is 0 Å². The monoisotopic (exact) mass is 148 g/mol. The molecular formula is C7H10F2O. The molecule has 1 aliphatic carbocycles. The van der Waals surface area contributed by atoms with Crippen molar-refractivity contribution < 1.29 is 13.6 Å². The molecule has 0 bridgehead atoms. The highest BCUT2D eigenvalue weighted by molar-refractivity contribution is 5.84. The number of hydrogen-bond acceptors (Lipinski definition) is 1. The molecule has 0 aliphatic heterocycles. The van der Waals surface area contributed by atoms with E-state index in [2.05, 4.69) is 0 Å². The molecule has 0 aromatic heterocycles. The van der Waals surface area contributed by atoms with Crippen LogP contribution < -0.4 is 0 Å². The summed E-state index contributed by atoms with van der Waals surface area (Å²) in [4.78, 5) is 10.6. The first-order valence-corrected chi connectivity index (χ1v) is 3.53. The van der Waals surface area contributed by atoms with E-state index in [0.717, 1.165) is 12.8 Å². The average Bonchev–Trinajstić information content (AvgIpc) is 2.36. The van der Waals surface area contributed by atoms with Crippen molar-refractivity contribution in [1.82, 2.24) is 0 Å². The highest BCUT2D eigenvalue weighted by Crippen LogP contribution is 2.27. The van der Waals surface area contributed by atoms with Gasteiger partial charge < -0.3 is 0 Å². The first kappa shape index (κ1) is 7.63. The molecule has 0 spiro atoms. The lowest BCUT2D eigenvalue weighted by Crippen LogP contribution is -2.18. The van der Waals surface area contributed by atoms with Crippen molar-refractivity contribution in [2.24, 2.45) is 5.92 Å². The highest BCUT2D eigenvalue weighted by atomic mass is 19.3. The van der Waals surface area contributed by atoms with Gasteiger partial charge in [-0.15, -0.1) is 0 Å². The molecule has 0 heterocycles. The van der Waals surface area contributed by atoms with Gasteiger partial charge in [0.1, 0.15) is 0 Å². The van der Waals surface area contributed by atoms with E-state index in [0.29, 0.717) is 12.8 Å². The Kier molecular flexibility index (Phi) is 2.35. The van der Waals surface area contributed by atoms with E-state index in [9.17, 15) is 13.6 Å². The summed E-state index contributed by atoms with van der Waals surface area (Å²) in [5.74, 6) is -1.18. The zero-order valence-electron chi connectivity index (χ0n) is 5.65. The van der Waals surface area contributed by atoms with Gasteiger partial charge in [-0.2, -0.15) is 0 Å². The third kappa shape index (κ3) is 1.52. The maximum Gasteiger partial charge on any atom is 0.296 e. The largest absolute Gasteiger partial charge is 0.296 e. The quantitative estimate of drug-likeness (QED) is 0.585. The molecule has 1 rings (SSSR count). The molecule has 1 aliphatic rings. The van der Waals surface area contributed by atoms with Gasteiger partial charge >= 0.3 is 0 Å². The predicted molar refractivity (Wildman–Crippen MR) is 33.0 cm³/mol. The van der Waals surface area contributed by atoms with Crippen LogP contribution in [0.2, 0.25) is 0 Å². The number of carbonyl (C=O) groups excluding carboxylic acids is 1. The summed E-state index contributed by atoms with van der Waals surface area (Å²) in [7, 11) is 0. The Hall–Kier alpha value is -0.470. The van der Waals surface area contributed by atoms with Gasteiger partial charge in [0.2, 0.25) is 5.78 Å². The zero-order valence-corrected chi connectivity index (χ0v) is 5.65. The van der Waals surface area contributed by atoms with Gasteiger partial charge in [0.15, 0.2) is 0 Å². The van der Waals surface area contributed by atoms with Crippen LogP contribution in [-0.2, 0) is 4.79 Å². The molecule has 0 aromatic rings. The average molecular weight is 148 g/mol. The van der Waals surface area contributed by atoms with Gasteiger partial charge in [-0.25, -0.2) is 8.78 Å². The van der Waals surface area contributed by atoms with Gasteiger partial charge in [0.05, 0.1) is 0 Å². The minimum Gasteiger partial charge on any atom is -0.293 e. The first-order valence-electron chi connectivity index (χ1n) is 3.53. The van der Waals surface area contributed by atoms with Crippen LogP contribution in [-0.4, -0.2) is 12.2 Å². The topological polar surface area (TPSA) is 17.1 Å². The van der Waals surface area contributed by atoms with Crippen LogP contribution in [0.25, 0.3) is 0 Å². The summed E-state index contributed by atoms with van der Waals surface area (Å²) in [5, 5.41) is 0. The number of alkyl halides is 2. The van der Waals surface area contributed by atoms with Crippen LogP contribution in [0.1, 0.15) is 25.7 Å². The van der Waals surface area contributed by atoms with Gasteiger partial charge in [-0.3, -0.25) is 4.79 Å². The lowest BCUT2D eigenvalue weighted by molar-refractivity contribution is -0.133. The highest BCUT2D eigenvalue weighted by Gasteiger charge is 2.28. The molecule has 0 unspecified atom stereocenters. The second kappa shape index (κ2) is 3.08.